The van der Waals surface area contributed by atoms with E-state index in [4.69, 9.17) is 15.3 Å². The predicted molar refractivity (Wildman–Crippen MR) is 116 cm³/mol. The number of nitrogens with one attached hydrogen (secondary N) is 1. The van der Waals surface area contributed by atoms with Crippen molar-refractivity contribution < 1.29 is 25.2 Å². The highest BCUT2D eigenvalue weighted by atomic mass is 16.4. The van der Waals surface area contributed by atoms with Gasteiger partial charge in [0.2, 0.25) is 0 Å². The van der Waals surface area contributed by atoms with Crippen LogP contribution in [-0.2, 0) is 4.79 Å². The molecular formula is C22H45NO5. The molecule has 0 bridgehead atoms. The molecule has 0 rings (SSSR count). The van der Waals surface area contributed by atoms with E-state index in [1.54, 1.807) is 0 Å². The van der Waals surface area contributed by atoms with Gasteiger partial charge in [-0.2, -0.15) is 0 Å². The third kappa shape index (κ3) is 29.8. The number of hydrogen-bond acceptors (Lipinski definition) is 5. The molecule has 0 saturated heterocycles. The molecular weight excluding hydrogens is 358 g/mol. The average Bonchev–Trinajstić information content (AvgIpc) is 2.67. The second kappa shape index (κ2) is 26.1. The molecule has 0 aromatic heterocycles. The van der Waals surface area contributed by atoms with E-state index in [0.29, 0.717) is 19.5 Å². The monoisotopic (exact) mass is 403 g/mol. The number of unbranched alkanes of at least 4 members (excludes halogenated alkanes) is 8. The molecule has 0 heterocycles. The summed E-state index contributed by atoms with van der Waals surface area (Å²) in [5.41, 5.74) is 0. The summed E-state index contributed by atoms with van der Waals surface area (Å²) in [6.45, 7) is 3.62. The van der Waals surface area contributed by atoms with Crippen molar-refractivity contribution in [2.24, 2.45) is 0 Å². The van der Waals surface area contributed by atoms with Gasteiger partial charge in [0.1, 0.15) is 0 Å². The normalized spacial score (nSPS) is 12.0. The lowest BCUT2D eigenvalue weighted by atomic mass is 10.1. The third-order valence-corrected chi connectivity index (χ3v) is 4.30. The van der Waals surface area contributed by atoms with Crippen molar-refractivity contribution in [3.8, 4) is 0 Å². The smallest absolute Gasteiger partial charge is 0.303 e. The number of carbonyl (C=O) groups is 1. The Balaban J connectivity index is 0. The molecule has 0 spiro atoms. The molecule has 0 aliphatic heterocycles. The second-order valence-corrected chi connectivity index (χ2v) is 7.11. The van der Waals surface area contributed by atoms with Gasteiger partial charge in [-0.05, 0) is 32.1 Å². The maximum atomic E-state index is 10.3. The first-order valence-electron chi connectivity index (χ1n) is 11.1. The lowest BCUT2D eigenvalue weighted by Crippen LogP contribution is -2.21. The molecule has 0 fully saturated rings. The van der Waals surface area contributed by atoms with Gasteiger partial charge in [-0.25, -0.2) is 0 Å². The topological polar surface area (TPSA) is 110 Å². The number of aliphatic hydroxyl groups excluding tert-OH is 3. The van der Waals surface area contributed by atoms with Crippen molar-refractivity contribution in [1.29, 1.82) is 0 Å². The highest BCUT2D eigenvalue weighted by molar-refractivity contribution is 5.66. The molecule has 6 nitrogen and oxygen atoms in total. The molecule has 5 N–H and O–H groups in total. The Morgan fingerprint density at radius 1 is 0.893 bits per heavy atom. The fourth-order valence-electron chi connectivity index (χ4n) is 2.65. The largest absolute Gasteiger partial charge is 0.481 e. The van der Waals surface area contributed by atoms with E-state index in [1.807, 2.05) is 0 Å². The lowest BCUT2D eigenvalue weighted by molar-refractivity contribution is -0.137. The minimum absolute atomic E-state index is 0.139. The summed E-state index contributed by atoms with van der Waals surface area (Å²) in [4.78, 5) is 10.3. The molecule has 0 aromatic rings. The number of allylic oxidation sites excluding steroid dienone is 1. The Morgan fingerprint density at radius 2 is 1.50 bits per heavy atom. The summed E-state index contributed by atoms with van der Waals surface area (Å²) in [7, 11) is 0. The Hall–Kier alpha value is -0.950. The van der Waals surface area contributed by atoms with E-state index in [9.17, 15) is 9.90 Å². The van der Waals surface area contributed by atoms with Crippen molar-refractivity contribution in [2.75, 3.05) is 26.3 Å². The van der Waals surface area contributed by atoms with Gasteiger partial charge in [-0.15, -0.1) is 0 Å². The van der Waals surface area contributed by atoms with E-state index in [0.717, 1.165) is 51.4 Å². The second-order valence-electron chi connectivity index (χ2n) is 7.11. The van der Waals surface area contributed by atoms with Crippen LogP contribution >= 0.6 is 0 Å². The van der Waals surface area contributed by atoms with Crippen LogP contribution in [0, 0.1) is 0 Å². The van der Waals surface area contributed by atoms with Crippen LogP contribution in [0.3, 0.4) is 0 Å². The van der Waals surface area contributed by atoms with Crippen molar-refractivity contribution in [2.45, 2.75) is 96.5 Å². The molecule has 0 aliphatic rings. The number of carboxylic acids is 1. The van der Waals surface area contributed by atoms with Crippen LogP contribution in [0.1, 0.15) is 90.4 Å². The van der Waals surface area contributed by atoms with Gasteiger partial charge in [0.25, 0.3) is 0 Å². The SMILES string of the molecule is CCCCCC[C@@H](O)C/C=C\CCCCCCCC(=O)O.OCCNCCO. The highest BCUT2D eigenvalue weighted by Crippen LogP contribution is 2.10. The van der Waals surface area contributed by atoms with E-state index in [1.165, 1.54) is 25.7 Å². The predicted octanol–water partition coefficient (Wildman–Crippen LogP) is 3.64. The molecule has 28 heavy (non-hydrogen) atoms. The molecule has 1 atom stereocenters. The summed E-state index contributed by atoms with van der Waals surface area (Å²) in [5.74, 6) is -0.689. The maximum Gasteiger partial charge on any atom is 0.303 e. The Labute approximate surface area is 172 Å². The van der Waals surface area contributed by atoms with E-state index in [2.05, 4.69) is 24.4 Å². The molecule has 6 heteroatoms. The van der Waals surface area contributed by atoms with E-state index in [-0.39, 0.29) is 19.3 Å². The van der Waals surface area contributed by atoms with Crippen LogP contribution < -0.4 is 5.32 Å². The minimum Gasteiger partial charge on any atom is -0.481 e. The van der Waals surface area contributed by atoms with Crippen LogP contribution in [0.25, 0.3) is 0 Å². The van der Waals surface area contributed by atoms with E-state index < -0.39 is 5.97 Å². The molecule has 0 aliphatic carbocycles. The molecule has 0 unspecified atom stereocenters. The fraction of sp³-hybridized carbons (Fsp3) is 0.864. The van der Waals surface area contributed by atoms with E-state index >= 15 is 0 Å². The summed E-state index contributed by atoms with van der Waals surface area (Å²) >= 11 is 0. The number of hydrogen-bond donors (Lipinski definition) is 5. The van der Waals surface area contributed by atoms with Gasteiger partial charge in [0, 0.05) is 19.5 Å². The van der Waals surface area contributed by atoms with Gasteiger partial charge >= 0.3 is 5.97 Å². The zero-order valence-electron chi connectivity index (χ0n) is 17.9. The summed E-state index contributed by atoms with van der Waals surface area (Å²) in [5, 5.41) is 37.4. The molecule has 0 amide bonds. The summed E-state index contributed by atoms with van der Waals surface area (Å²) in [6.07, 6.45) is 17.4. The van der Waals surface area contributed by atoms with Gasteiger partial charge in [0.15, 0.2) is 0 Å². The standard InChI is InChI=1S/C18H34O3.C4H11NO2/c1-2-3-4-11-14-17(19)15-12-9-7-5-6-8-10-13-16-18(20)21;6-3-1-5-2-4-7/h9,12,17,19H,2-8,10-11,13-16H2,1H3,(H,20,21);5-7H,1-4H2/b12-9-;/t17-;/m1./s1. The zero-order valence-corrected chi connectivity index (χ0v) is 17.9. The molecule has 168 valence electrons. The first-order valence-corrected chi connectivity index (χ1v) is 11.1. The number of aliphatic carboxylic acids is 1. The lowest BCUT2D eigenvalue weighted by Gasteiger charge is -2.07. The third-order valence-electron chi connectivity index (χ3n) is 4.30. The maximum absolute atomic E-state index is 10.3. The van der Waals surface area contributed by atoms with Crippen LogP contribution in [-0.4, -0.2) is 58.8 Å². The van der Waals surface area contributed by atoms with Crippen LogP contribution in [0.2, 0.25) is 0 Å². The van der Waals surface area contributed by atoms with Crippen molar-refractivity contribution in [1.82, 2.24) is 5.32 Å². The van der Waals surface area contributed by atoms with Crippen molar-refractivity contribution >= 4 is 5.97 Å². The van der Waals surface area contributed by atoms with Crippen LogP contribution in [0.4, 0.5) is 0 Å². The number of carboxylic acid groups (broad SMARTS) is 1. The van der Waals surface area contributed by atoms with Crippen LogP contribution in [0.15, 0.2) is 12.2 Å². The molecule has 0 saturated carbocycles. The first kappa shape index (κ1) is 29.3. The number of aliphatic hydroxyl groups is 3. The first-order chi connectivity index (χ1) is 13.6. The quantitative estimate of drug-likeness (QED) is 0.166. The Morgan fingerprint density at radius 3 is 2.11 bits per heavy atom. The van der Waals surface area contributed by atoms with Crippen LogP contribution in [0.5, 0.6) is 0 Å². The summed E-state index contributed by atoms with van der Waals surface area (Å²) in [6, 6.07) is 0. The highest BCUT2D eigenvalue weighted by Gasteiger charge is 2.00. The van der Waals surface area contributed by atoms with Gasteiger partial charge in [-0.3, -0.25) is 4.79 Å². The fourth-order valence-corrected chi connectivity index (χ4v) is 2.65. The van der Waals surface area contributed by atoms with Gasteiger partial charge < -0.3 is 25.7 Å². The average molecular weight is 404 g/mol. The number of rotatable bonds is 19. The molecule has 0 radical (unpaired) electrons. The Kier molecular flexibility index (Phi) is 27.2. The van der Waals surface area contributed by atoms with Gasteiger partial charge in [0.05, 0.1) is 19.3 Å². The Bertz CT molecular complexity index is 333. The zero-order chi connectivity index (χ0) is 21.3. The van der Waals surface area contributed by atoms with Gasteiger partial charge in [-0.1, -0.05) is 64.0 Å². The minimum atomic E-state index is -0.689. The van der Waals surface area contributed by atoms with Crippen molar-refractivity contribution in [3.05, 3.63) is 12.2 Å². The summed E-state index contributed by atoms with van der Waals surface area (Å²) < 4.78 is 0. The molecule has 0 aromatic carbocycles. The van der Waals surface area contributed by atoms with Crippen molar-refractivity contribution in [3.63, 3.8) is 0 Å².